The molecule has 150 valence electrons. The molecule has 5 heteroatoms. The van der Waals surface area contributed by atoms with E-state index in [4.69, 9.17) is 4.74 Å². The van der Waals surface area contributed by atoms with Crippen LogP contribution >= 0.6 is 0 Å². The standard InChI is InChI=1S/C23H30N2O3/c1-4-5-15-24-23(27)18(2)25(17-20-11-13-21(28-3)14-12-20)22(26)16-19-9-7-6-8-10-19/h6-14,18H,4-5,15-17H2,1-3H3,(H,24,27)/t18-/m1/s1. The van der Waals surface area contributed by atoms with E-state index in [0.717, 1.165) is 29.7 Å². The van der Waals surface area contributed by atoms with Crippen molar-refractivity contribution in [1.29, 1.82) is 0 Å². The molecule has 0 bridgehead atoms. The third-order valence-corrected chi connectivity index (χ3v) is 4.71. The van der Waals surface area contributed by atoms with Gasteiger partial charge in [-0.25, -0.2) is 0 Å². The van der Waals surface area contributed by atoms with Gasteiger partial charge in [0.05, 0.1) is 13.5 Å². The quantitative estimate of drug-likeness (QED) is 0.639. The molecule has 2 aromatic carbocycles. The number of hydrogen-bond acceptors (Lipinski definition) is 3. The fraction of sp³-hybridized carbons (Fsp3) is 0.391. The first-order valence-electron chi connectivity index (χ1n) is 9.79. The number of ether oxygens (including phenoxy) is 1. The van der Waals surface area contributed by atoms with Gasteiger partial charge in [-0.15, -0.1) is 0 Å². The van der Waals surface area contributed by atoms with Crippen LogP contribution in [0.25, 0.3) is 0 Å². The second kappa shape index (κ2) is 11.1. The zero-order valence-electron chi connectivity index (χ0n) is 17.0. The smallest absolute Gasteiger partial charge is 0.242 e. The summed E-state index contributed by atoms with van der Waals surface area (Å²) in [5.41, 5.74) is 1.89. The topological polar surface area (TPSA) is 58.6 Å². The first-order chi connectivity index (χ1) is 13.5. The molecule has 0 aromatic heterocycles. The van der Waals surface area contributed by atoms with Crippen LogP contribution in [-0.2, 0) is 22.6 Å². The Balaban J connectivity index is 2.15. The van der Waals surface area contributed by atoms with Gasteiger partial charge in [-0.2, -0.15) is 0 Å². The van der Waals surface area contributed by atoms with Crippen LogP contribution in [0.15, 0.2) is 54.6 Å². The summed E-state index contributed by atoms with van der Waals surface area (Å²) < 4.78 is 5.20. The van der Waals surface area contributed by atoms with Gasteiger partial charge in [0.15, 0.2) is 0 Å². The van der Waals surface area contributed by atoms with Crippen LogP contribution < -0.4 is 10.1 Å². The van der Waals surface area contributed by atoms with E-state index in [1.54, 1.807) is 18.9 Å². The SMILES string of the molecule is CCCCNC(=O)[C@@H](C)N(Cc1ccc(OC)cc1)C(=O)Cc1ccccc1. The molecule has 0 aliphatic rings. The summed E-state index contributed by atoms with van der Waals surface area (Å²) in [7, 11) is 1.62. The molecule has 0 spiro atoms. The number of nitrogens with one attached hydrogen (secondary N) is 1. The molecule has 28 heavy (non-hydrogen) atoms. The highest BCUT2D eigenvalue weighted by molar-refractivity contribution is 5.88. The highest BCUT2D eigenvalue weighted by Gasteiger charge is 2.26. The van der Waals surface area contributed by atoms with Gasteiger partial charge in [-0.1, -0.05) is 55.8 Å². The van der Waals surface area contributed by atoms with E-state index in [-0.39, 0.29) is 18.2 Å². The lowest BCUT2D eigenvalue weighted by atomic mass is 10.1. The molecule has 0 heterocycles. The summed E-state index contributed by atoms with van der Waals surface area (Å²) in [6.07, 6.45) is 2.20. The second-order valence-corrected chi connectivity index (χ2v) is 6.85. The monoisotopic (exact) mass is 382 g/mol. The summed E-state index contributed by atoms with van der Waals surface area (Å²) in [6, 6.07) is 16.6. The Hall–Kier alpha value is -2.82. The lowest BCUT2D eigenvalue weighted by molar-refractivity contribution is -0.140. The largest absolute Gasteiger partial charge is 0.497 e. The molecule has 1 N–H and O–H groups in total. The third-order valence-electron chi connectivity index (χ3n) is 4.71. The van der Waals surface area contributed by atoms with Gasteiger partial charge in [-0.05, 0) is 36.6 Å². The van der Waals surface area contributed by atoms with Crippen LogP contribution in [0.3, 0.4) is 0 Å². The Morgan fingerprint density at radius 1 is 1.04 bits per heavy atom. The number of hydrogen-bond donors (Lipinski definition) is 1. The van der Waals surface area contributed by atoms with Gasteiger partial charge in [-0.3, -0.25) is 9.59 Å². The molecule has 0 saturated heterocycles. The molecule has 2 rings (SSSR count). The Bertz CT molecular complexity index is 744. The lowest BCUT2D eigenvalue weighted by Gasteiger charge is -2.29. The van der Waals surface area contributed by atoms with Crippen molar-refractivity contribution < 1.29 is 14.3 Å². The van der Waals surface area contributed by atoms with Crippen molar-refractivity contribution in [3.63, 3.8) is 0 Å². The summed E-state index contributed by atoms with van der Waals surface area (Å²) in [6.45, 7) is 4.86. The minimum absolute atomic E-state index is 0.0693. The van der Waals surface area contributed by atoms with Crippen LogP contribution in [0.5, 0.6) is 5.75 Å². The Kier molecular flexibility index (Phi) is 8.53. The molecule has 0 aliphatic carbocycles. The lowest BCUT2D eigenvalue weighted by Crippen LogP contribution is -2.48. The number of benzene rings is 2. The predicted molar refractivity (Wildman–Crippen MR) is 111 cm³/mol. The predicted octanol–water partition coefficient (Wildman–Crippen LogP) is 3.57. The van der Waals surface area contributed by atoms with Gasteiger partial charge >= 0.3 is 0 Å². The number of amides is 2. The van der Waals surface area contributed by atoms with Gasteiger partial charge in [0, 0.05) is 13.1 Å². The van der Waals surface area contributed by atoms with Crippen molar-refractivity contribution >= 4 is 11.8 Å². The molecule has 0 saturated carbocycles. The number of nitrogens with zero attached hydrogens (tertiary/aromatic N) is 1. The van der Waals surface area contributed by atoms with Gasteiger partial charge in [0.2, 0.25) is 11.8 Å². The van der Waals surface area contributed by atoms with Gasteiger partial charge in [0.1, 0.15) is 11.8 Å². The van der Waals surface area contributed by atoms with Crippen molar-refractivity contribution in [2.75, 3.05) is 13.7 Å². The molecule has 0 unspecified atom stereocenters. The number of methoxy groups -OCH3 is 1. The molecule has 0 fully saturated rings. The van der Waals surface area contributed by atoms with E-state index in [0.29, 0.717) is 13.1 Å². The van der Waals surface area contributed by atoms with Crippen LogP contribution in [0.4, 0.5) is 0 Å². The zero-order valence-corrected chi connectivity index (χ0v) is 17.0. The van der Waals surface area contributed by atoms with E-state index in [9.17, 15) is 9.59 Å². The van der Waals surface area contributed by atoms with Crippen molar-refractivity contribution in [3.8, 4) is 5.75 Å². The fourth-order valence-corrected chi connectivity index (χ4v) is 2.92. The van der Waals surface area contributed by atoms with Crippen LogP contribution in [0.2, 0.25) is 0 Å². The average molecular weight is 383 g/mol. The van der Waals surface area contributed by atoms with E-state index in [1.807, 2.05) is 54.6 Å². The Labute approximate surface area is 167 Å². The average Bonchev–Trinajstić information content (AvgIpc) is 2.72. The number of rotatable bonds is 10. The van der Waals surface area contributed by atoms with Crippen LogP contribution in [0.1, 0.15) is 37.8 Å². The highest BCUT2D eigenvalue weighted by Crippen LogP contribution is 2.16. The van der Waals surface area contributed by atoms with Gasteiger partial charge in [0.25, 0.3) is 0 Å². The summed E-state index contributed by atoms with van der Waals surface area (Å²) in [5, 5.41) is 2.93. The molecule has 2 aromatic rings. The highest BCUT2D eigenvalue weighted by atomic mass is 16.5. The van der Waals surface area contributed by atoms with Crippen LogP contribution in [-0.4, -0.2) is 36.4 Å². The maximum absolute atomic E-state index is 13.0. The van der Waals surface area contributed by atoms with Crippen LogP contribution in [0, 0.1) is 0 Å². The van der Waals surface area contributed by atoms with Gasteiger partial charge < -0.3 is 15.0 Å². The minimum Gasteiger partial charge on any atom is -0.497 e. The maximum atomic E-state index is 13.0. The molecule has 1 atom stereocenters. The Morgan fingerprint density at radius 3 is 2.32 bits per heavy atom. The van der Waals surface area contributed by atoms with E-state index in [2.05, 4.69) is 12.2 Å². The number of unbranched alkanes of at least 4 members (excludes halogenated alkanes) is 1. The molecule has 5 nitrogen and oxygen atoms in total. The van der Waals surface area contributed by atoms with Crippen molar-refractivity contribution in [3.05, 3.63) is 65.7 Å². The molecular formula is C23H30N2O3. The summed E-state index contributed by atoms with van der Waals surface area (Å²) in [5.74, 6) is 0.569. The van der Waals surface area contributed by atoms with E-state index in [1.165, 1.54) is 0 Å². The van der Waals surface area contributed by atoms with E-state index >= 15 is 0 Å². The number of carbonyl (C=O) groups excluding carboxylic acids is 2. The third kappa shape index (κ3) is 6.41. The molecule has 2 amide bonds. The number of carbonyl (C=O) groups is 2. The molecule has 0 aliphatic heterocycles. The summed E-state index contributed by atoms with van der Waals surface area (Å²) >= 11 is 0. The molecule has 0 radical (unpaired) electrons. The summed E-state index contributed by atoms with van der Waals surface area (Å²) in [4.78, 5) is 27.3. The first kappa shape index (κ1) is 21.5. The van der Waals surface area contributed by atoms with E-state index < -0.39 is 6.04 Å². The fourth-order valence-electron chi connectivity index (χ4n) is 2.92. The van der Waals surface area contributed by atoms with Crippen molar-refractivity contribution in [2.45, 2.75) is 45.7 Å². The minimum atomic E-state index is -0.546. The second-order valence-electron chi connectivity index (χ2n) is 6.85. The first-order valence-corrected chi connectivity index (χ1v) is 9.79. The van der Waals surface area contributed by atoms with Crippen molar-refractivity contribution in [2.24, 2.45) is 0 Å². The van der Waals surface area contributed by atoms with Crippen molar-refractivity contribution in [1.82, 2.24) is 10.2 Å². The molecular weight excluding hydrogens is 352 g/mol. The Morgan fingerprint density at radius 2 is 1.71 bits per heavy atom. The zero-order chi connectivity index (χ0) is 20.4. The normalized spacial score (nSPS) is 11.5. The maximum Gasteiger partial charge on any atom is 0.242 e.